The van der Waals surface area contributed by atoms with Crippen LogP contribution in [0.1, 0.15) is 16.1 Å². The number of carbonyl (C=O) groups is 3. The zero-order valence-corrected chi connectivity index (χ0v) is 12.4. The molecule has 0 spiro atoms. The molecule has 1 aromatic carbocycles. The highest BCUT2D eigenvalue weighted by Crippen LogP contribution is 2.18. The first-order chi connectivity index (χ1) is 11.0. The van der Waals surface area contributed by atoms with Gasteiger partial charge in [-0.15, -0.1) is 0 Å². The maximum atomic E-state index is 11.8. The zero-order chi connectivity index (χ0) is 16.4. The molecule has 0 aliphatic carbocycles. The molecule has 1 saturated heterocycles. The van der Waals surface area contributed by atoms with Gasteiger partial charge in [0.15, 0.2) is 5.22 Å². The van der Waals surface area contributed by atoms with Crippen LogP contribution in [0, 0.1) is 0 Å². The van der Waals surface area contributed by atoms with E-state index in [2.05, 4.69) is 10.6 Å². The van der Waals surface area contributed by atoms with E-state index in [-0.39, 0.29) is 16.9 Å². The molecule has 118 valence electrons. The second-order valence-corrected chi connectivity index (χ2v) is 5.23. The predicted molar refractivity (Wildman–Crippen MR) is 79.3 cm³/mol. The van der Waals surface area contributed by atoms with Crippen LogP contribution in [0.3, 0.4) is 0 Å². The summed E-state index contributed by atoms with van der Waals surface area (Å²) in [4.78, 5) is 34.3. The van der Waals surface area contributed by atoms with Gasteiger partial charge in [-0.3, -0.25) is 10.1 Å². The van der Waals surface area contributed by atoms with Crippen LogP contribution >= 0.6 is 11.6 Å². The van der Waals surface area contributed by atoms with Crippen molar-refractivity contribution < 1.29 is 23.5 Å². The monoisotopic (exact) mass is 334 g/mol. The second-order valence-electron chi connectivity index (χ2n) is 4.86. The number of halogens is 1. The highest BCUT2D eigenvalue weighted by Gasteiger charge is 2.29. The molecule has 3 rings (SSSR count). The molecule has 2 heterocycles. The van der Waals surface area contributed by atoms with Crippen molar-refractivity contribution in [3.8, 4) is 5.75 Å². The smallest absolute Gasteiger partial charge is 0.379 e. The van der Waals surface area contributed by atoms with E-state index in [9.17, 15) is 14.4 Å². The lowest BCUT2D eigenvalue weighted by atomic mass is 10.1. The van der Waals surface area contributed by atoms with Crippen molar-refractivity contribution in [1.29, 1.82) is 0 Å². The molecule has 0 unspecified atom stereocenters. The number of furan rings is 1. The van der Waals surface area contributed by atoms with Gasteiger partial charge in [0.2, 0.25) is 5.76 Å². The molecule has 1 fully saturated rings. The molecule has 3 amide bonds. The first-order valence-electron chi connectivity index (χ1n) is 6.69. The number of esters is 1. The van der Waals surface area contributed by atoms with Crippen LogP contribution in [-0.4, -0.2) is 23.9 Å². The Morgan fingerprint density at radius 3 is 2.48 bits per heavy atom. The molecule has 7 nitrogen and oxygen atoms in total. The number of rotatable bonds is 4. The zero-order valence-electron chi connectivity index (χ0n) is 11.7. The minimum absolute atomic E-state index is 0.00409. The molecule has 2 N–H and O–H groups in total. The number of ether oxygens (including phenoxy) is 1. The van der Waals surface area contributed by atoms with E-state index in [0.717, 1.165) is 5.56 Å². The molecule has 23 heavy (non-hydrogen) atoms. The summed E-state index contributed by atoms with van der Waals surface area (Å²) in [6.45, 7) is 0. The molecule has 0 radical (unpaired) electrons. The van der Waals surface area contributed by atoms with Crippen LogP contribution in [0.25, 0.3) is 0 Å². The Bertz CT molecular complexity index is 768. The van der Waals surface area contributed by atoms with E-state index >= 15 is 0 Å². The molecule has 1 atom stereocenters. The van der Waals surface area contributed by atoms with Crippen molar-refractivity contribution in [3.63, 3.8) is 0 Å². The first-order valence-corrected chi connectivity index (χ1v) is 7.07. The highest BCUT2D eigenvalue weighted by molar-refractivity contribution is 6.29. The third kappa shape index (κ3) is 3.51. The van der Waals surface area contributed by atoms with Gasteiger partial charge in [0.1, 0.15) is 11.8 Å². The Kier molecular flexibility index (Phi) is 4.03. The largest absolute Gasteiger partial charge is 0.438 e. The van der Waals surface area contributed by atoms with Crippen LogP contribution < -0.4 is 15.4 Å². The number of benzene rings is 1. The van der Waals surface area contributed by atoms with Gasteiger partial charge in [0, 0.05) is 6.42 Å². The topological polar surface area (TPSA) is 97.6 Å². The van der Waals surface area contributed by atoms with E-state index in [1.54, 1.807) is 24.3 Å². The third-order valence-electron chi connectivity index (χ3n) is 3.21. The van der Waals surface area contributed by atoms with Gasteiger partial charge < -0.3 is 14.5 Å². The van der Waals surface area contributed by atoms with Crippen molar-refractivity contribution in [2.24, 2.45) is 0 Å². The molecule has 0 saturated carbocycles. The SMILES string of the molecule is O=C1NC(=O)[C@@H](Cc2ccc(OC(=O)c3ccc(Cl)o3)cc2)N1. The van der Waals surface area contributed by atoms with Crippen LogP contribution in [0.4, 0.5) is 4.79 Å². The van der Waals surface area contributed by atoms with E-state index in [4.69, 9.17) is 20.8 Å². The maximum Gasteiger partial charge on any atom is 0.379 e. The number of nitrogens with one attached hydrogen (secondary N) is 2. The second kappa shape index (κ2) is 6.13. The fourth-order valence-corrected chi connectivity index (χ4v) is 2.26. The average molecular weight is 335 g/mol. The van der Waals surface area contributed by atoms with Crippen molar-refractivity contribution in [2.45, 2.75) is 12.5 Å². The normalized spacial score (nSPS) is 16.8. The van der Waals surface area contributed by atoms with Gasteiger partial charge in [0.05, 0.1) is 0 Å². The molecule has 2 aromatic rings. The van der Waals surface area contributed by atoms with E-state index in [1.807, 2.05) is 0 Å². The summed E-state index contributed by atoms with van der Waals surface area (Å²) in [6.07, 6.45) is 0.347. The lowest BCUT2D eigenvalue weighted by Crippen LogP contribution is -2.31. The standard InChI is InChI=1S/C15H11ClN2O5/c16-12-6-5-11(23-12)14(20)22-9-3-1-8(2-4-9)7-10-13(19)18-15(21)17-10/h1-6,10H,7H2,(H2,17,18,19,21)/t10-/m1/s1. The van der Waals surface area contributed by atoms with Gasteiger partial charge in [-0.2, -0.15) is 0 Å². The van der Waals surface area contributed by atoms with Crippen LogP contribution in [0.2, 0.25) is 5.22 Å². The number of hydrogen-bond donors (Lipinski definition) is 2. The summed E-state index contributed by atoms with van der Waals surface area (Å²) >= 11 is 5.59. The van der Waals surface area contributed by atoms with Crippen LogP contribution in [0.5, 0.6) is 5.75 Å². The van der Waals surface area contributed by atoms with Crippen LogP contribution in [0.15, 0.2) is 40.8 Å². The summed E-state index contributed by atoms with van der Waals surface area (Å²) in [7, 11) is 0. The number of carbonyl (C=O) groups excluding carboxylic acids is 3. The summed E-state index contributed by atoms with van der Waals surface area (Å²) in [5, 5.41) is 4.78. The molecule has 8 heteroatoms. The quantitative estimate of drug-likeness (QED) is 0.505. The Hall–Kier alpha value is -2.80. The Morgan fingerprint density at radius 2 is 1.91 bits per heavy atom. The third-order valence-corrected chi connectivity index (χ3v) is 3.41. The van der Waals surface area contributed by atoms with Gasteiger partial charge >= 0.3 is 12.0 Å². The average Bonchev–Trinajstić information content (AvgIpc) is 3.07. The molecule has 1 aromatic heterocycles. The van der Waals surface area contributed by atoms with Crippen molar-refractivity contribution in [2.75, 3.05) is 0 Å². The molecular weight excluding hydrogens is 324 g/mol. The minimum atomic E-state index is -0.660. The predicted octanol–water partition coefficient (Wildman–Crippen LogP) is 1.90. The summed E-state index contributed by atoms with van der Waals surface area (Å²) in [5.41, 5.74) is 0.813. The lowest BCUT2D eigenvalue weighted by molar-refractivity contribution is -0.120. The van der Waals surface area contributed by atoms with Crippen molar-refractivity contribution >= 4 is 29.5 Å². The molecule has 1 aliphatic rings. The van der Waals surface area contributed by atoms with E-state index in [0.29, 0.717) is 12.2 Å². The van der Waals surface area contributed by atoms with Crippen LogP contribution in [-0.2, 0) is 11.2 Å². The fraction of sp³-hybridized carbons (Fsp3) is 0.133. The van der Waals surface area contributed by atoms with E-state index < -0.39 is 18.0 Å². The highest BCUT2D eigenvalue weighted by atomic mass is 35.5. The Balaban J connectivity index is 1.62. The van der Waals surface area contributed by atoms with Crippen molar-refractivity contribution in [1.82, 2.24) is 10.6 Å². The van der Waals surface area contributed by atoms with Crippen molar-refractivity contribution in [3.05, 3.63) is 52.9 Å². The number of imide groups is 1. The minimum Gasteiger partial charge on any atom is -0.438 e. The number of amides is 3. The van der Waals surface area contributed by atoms with Gasteiger partial charge in [-0.05, 0) is 41.4 Å². The molecule has 1 aliphatic heterocycles. The maximum absolute atomic E-state index is 11.8. The van der Waals surface area contributed by atoms with Gasteiger partial charge in [-0.1, -0.05) is 12.1 Å². The first kappa shape index (κ1) is 15.1. The Labute approximate surface area is 135 Å². The summed E-state index contributed by atoms with van der Waals surface area (Å²) in [5.74, 6) is -0.692. The number of hydrogen-bond acceptors (Lipinski definition) is 5. The summed E-state index contributed by atoms with van der Waals surface area (Å²) in [6, 6.07) is 8.36. The van der Waals surface area contributed by atoms with Gasteiger partial charge in [-0.25, -0.2) is 9.59 Å². The van der Waals surface area contributed by atoms with Gasteiger partial charge in [0.25, 0.3) is 5.91 Å². The fourth-order valence-electron chi connectivity index (χ4n) is 2.11. The molecule has 0 bridgehead atoms. The summed E-state index contributed by atoms with van der Waals surface area (Å²) < 4.78 is 10.1. The number of urea groups is 1. The lowest BCUT2D eigenvalue weighted by Gasteiger charge is -2.08. The Morgan fingerprint density at radius 1 is 1.17 bits per heavy atom. The van der Waals surface area contributed by atoms with E-state index in [1.165, 1.54) is 12.1 Å². The molecular formula is C15H11ClN2O5.